The summed E-state index contributed by atoms with van der Waals surface area (Å²) in [6.07, 6.45) is -25.0. The molecule has 0 aliphatic rings. The van der Waals surface area contributed by atoms with E-state index in [0.29, 0.717) is 21.7 Å². The summed E-state index contributed by atoms with van der Waals surface area (Å²) in [6, 6.07) is 15.6. The molecule has 6 rings (SSSR count). The highest BCUT2D eigenvalue weighted by Crippen LogP contribution is 2.55. The highest BCUT2D eigenvalue weighted by atomic mass is 19.4. The third-order valence-corrected chi connectivity index (χ3v) is 6.93. The average Bonchev–Trinajstić information content (AvgIpc) is 3.37. The molecule has 0 atom stereocenters. The minimum absolute atomic E-state index is 0.0333. The van der Waals surface area contributed by atoms with Gasteiger partial charge in [-0.3, -0.25) is 0 Å². The second-order valence-corrected chi connectivity index (χ2v) is 9.89. The fraction of sp³-hybridized carbons (Fsp3) is 0.133. The maximum Gasteiger partial charge on any atom is 0.420 e. The summed E-state index contributed by atoms with van der Waals surface area (Å²) >= 11 is 0. The fourth-order valence-electron chi connectivity index (χ4n) is 5.04. The Labute approximate surface area is 247 Å². The first-order valence-corrected chi connectivity index (χ1v) is 12.7. The van der Waals surface area contributed by atoms with Gasteiger partial charge in [-0.25, -0.2) is 0 Å². The van der Waals surface area contributed by atoms with Crippen LogP contribution in [0.1, 0.15) is 22.3 Å². The Morgan fingerprint density at radius 2 is 1.02 bits per heavy atom. The molecule has 4 nitrogen and oxygen atoms in total. The Kier molecular flexibility index (Phi) is 6.90. The van der Waals surface area contributed by atoms with Gasteiger partial charge in [0.25, 0.3) is 0 Å². The SMILES string of the molecule is FC(F)(F)c1cc(C(F)(F)F)c(C(F)(F)F)c(Oc2nnc(-c3cc4ccccc4o3)c3cc4ccccc4cc23)c1C(F)(F)F. The van der Waals surface area contributed by atoms with Crippen molar-refractivity contribution in [1.82, 2.24) is 10.2 Å². The number of rotatable bonds is 3. The van der Waals surface area contributed by atoms with Gasteiger partial charge in [0.05, 0.1) is 11.1 Å². The molecule has 6 aromatic rings. The van der Waals surface area contributed by atoms with Gasteiger partial charge in [0.2, 0.25) is 5.88 Å². The molecule has 0 saturated carbocycles. The third-order valence-electron chi connectivity index (χ3n) is 6.93. The molecule has 0 unspecified atom stereocenters. The molecule has 16 heteroatoms. The molecule has 2 heterocycles. The van der Waals surface area contributed by atoms with E-state index in [2.05, 4.69) is 10.2 Å². The van der Waals surface area contributed by atoms with Crippen LogP contribution in [0, 0.1) is 0 Å². The van der Waals surface area contributed by atoms with Crippen molar-refractivity contribution in [2.75, 3.05) is 0 Å². The van der Waals surface area contributed by atoms with Crippen LogP contribution < -0.4 is 4.74 Å². The van der Waals surface area contributed by atoms with Crippen LogP contribution in [0.2, 0.25) is 0 Å². The first-order valence-electron chi connectivity index (χ1n) is 12.7. The second kappa shape index (κ2) is 10.3. The molecule has 0 amide bonds. The standard InChI is InChI=1S/C30H12F12N2O2/c31-27(32,33)18-12-19(28(34,35)36)23(30(40,41)42)25(22(18)29(37,38)39)46-26-17-10-14-6-2-1-5-13(14)9-16(17)24(43-44-26)21-11-15-7-3-4-8-20(15)45-21/h1-12H. The Morgan fingerprint density at radius 3 is 1.52 bits per heavy atom. The summed E-state index contributed by atoms with van der Waals surface area (Å²) in [5.74, 6) is -3.99. The van der Waals surface area contributed by atoms with Gasteiger partial charge in [0.15, 0.2) is 11.5 Å². The van der Waals surface area contributed by atoms with Gasteiger partial charge in [0, 0.05) is 16.2 Å². The molecule has 0 aliphatic heterocycles. The second-order valence-electron chi connectivity index (χ2n) is 9.89. The van der Waals surface area contributed by atoms with Crippen LogP contribution in [0.3, 0.4) is 0 Å². The largest absolute Gasteiger partial charge is 0.454 e. The summed E-state index contributed by atoms with van der Waals surface area (Å²) in [5.41, 5.74) is -12.1. The van der Waals surface area contributed by atoms with E-state index in [-0.39, 0.29) is 16.8 Å². The number of aromatic nitrogens is 2. The van der Waals surface area contributed by atoms with E-state index in [9.17, 15) is 52.7 Å². The van der Waals surface area contributed by atoms with E-state index < -0.39 is 70.0 Å². The zero-order valence-electron chi connectivity index (χ0n) is 22.2. The smallest absolute Gasteiger partial charge is 0.420 e. The molecular weight excluding hydrogens is 648 g/mol. The van der Waals surface area contributed by atoms with Gasteiger partial charge < -0.3 is 9.15 Å². The highest BCUT2D eigenvalue weighted by Gasteiger charge is 2.54. The quantitative estimate of drug-likeness (QED) is 0.140. The van der Waals surface area contributed by atoms with Crippen LogP contribution >= 0.6 is 0 Å². The van der Waals surface area contributed by atoms with Crippen molar-refractivity contribution in [2.45, 2.75) is 24.7 Å². The Morgan fingerprint density at radius 1 is 0.522 bits per heavy atom. The Hall–Kier alpha value is -5.02. The van der Waals surface area contributed by atoms with Gasteiger partial charge in [-0.1, -0.05) is 42.5 Å². The summed E-state index contributed by atoms with van der Waals surface area (Å²) in [4.78, 5) is 0. The first kappa shape index (κ1) is 31.0. The number of ether oxygens (including phenoxy) is 1. The first-order chi connectivity index (χ1) is 21.3. The fourth-order valence-corrected chi connectivity index (χ4v) is 5.04. The number of halogens is 12. The van der Waals surface area contributed by atoms with Crippen molar-refractivity contribution in [3.8, 4) is 23.1 Å². The number of fused-ring (bicyclic) bond motifs is 3. The molecule has 0 bridgehead atoms. The number of hydrogen-bond donors (Lipinski definition) is 0. The lowest BCUT2D eigenvalue weighted by Gasteiger charge is -2.26. The predicted octanol–water partition coefficient (Wildman–Crippen LogP) is 11.1. The Bertz CT molecular complexity index is 2060. The van der Waals surface area contributed by atoms with Crippen LogP contribution in [-0.4, -0.2) is 10.2 Å². The Balaban J connectivity index is 1.71. The molecule has 2 aromatic heterocycles. The molecule has 0 aliphatic carbocycles. The number of para-hydroxylation sites is 1. The molecule has 238 valence electrons. The molecule has 0 fully saturated rings. The van der Waals surface area contributed by atoms with E-state index >= 15 is 0 Å². The monoisotopic (exact) mass is 660 g/mol. The maximum atomic E-state index is 14.2. The lowest BCUT2D eigenvalue weighted by molar-refractivity contribution is -0.172. The van der Waals surface area contributed by atoms with Crippen molar-refractivity contribution >= 4 is 32.5 Å². The average molecular weight is 660 g/mol. The molecule has 4 aromatic carbocycles. The summed E-state index contributed by atoms with van der Waals surface area (Å²) in [7, 11) is 0. The maximum absolute atomic E-state index is 14.2. The van der Waals surface area contributed by atoms with Crippen molar-refractivity contribution < 1.29 is 61.8 Å². The van der Waals surface area contributed by atoms with Gasteiger partial charge in [-0.2, -0.15) is 52.7 Å². The van der Waals surface area contributed by atoms with Gasteiger partial charge >= 0.3 is 24.7 Å². The molecule has 0 radical (unpaired) electrons. The number of nitrogens with zero attached hydrogens (tertiary/aromatic N) is 2. The predicted molar refractivity (Wildman–Crippen MR) is 139 cm³/mol. The molecule has 46 heavy (non-hydrogen) atoms. The minimum atomic E-state index is -6.28. The molecule has 0 saturated heterocycles. The normalized spacial score (nSPS) is 13.2. The zero-order valence-corrected chi connectivity index (χ0v) is 22.2. The van der Waals surface area contributed by atoms with E-state index in [1.165, 1.54) is 30.3 Å². The molecule has 0 N–H and O–H groups in total. The number of furan rings is 1. The van der Waals surface area contributed by atoms with Crippen LogP contribution in [0.15, 0.2) is 77.2 Å². The zero-order chi connectivity index (χ0) is 33.4. The van der Waals surface area contributed by atoms with E-state index in [4.69, 9.17) is 9.15 Å². The number of benzene rings is 4. The summed E-state index contributed by atoms with van der Waals surface area (Å²) in [6.45, 7) is 0. The third kappa shape index (κ3) is 5.41. The highest BCUT2D eigenvalue weighted by molar-refractivity contribution is 6.05. The van der Waals surface area contributed by atoms with Crippen LogP contribution in [0.5, 0.6) is 11.6 Å². The summed E-state index contributed by atoms with van der Waals surface area (Å²) < 4.78 is 178. The minimum Gasteiger partial charge on any atom is -0.454 e. The van der Waals surface area contributed by atoms with Gasteiger partial charge in [-0.15, -0.1) is 10.2 Å². The van der Waals surface area contributed by atoms with Crippen molar-refractivity contribution in [3.05, 3.63) is 95.1 Å². The van der Waals surface area contributed by atoms with Crippen LogP contribution in [0.4, 0.5) is 52.7 Å². The van der Waals surface area contributed by atoms with Crippen LogP contribution in [0.25, 0.3) is 44.0 Å². The van der Waals surface area contributed by atoms with E-state index in [1.54, 1.807) is 36.4 Å². The van der Waals surface area contributed by atoms with Gasteiger partial charge in [-0.05, 0) is 41.1 Å². The van der Waals surface area contributed by atoms with Crippen molar-refractivity contribution in [3.63, 3.8) is 0 Å². The topological polar surface area (TPSA) is 48.2 Å². The number of alkyl halides is 12. The molecule has 0 spiro atoms. The van der Waals surface area contributed by atoms with E-state index in [1.807, 2.05) is 0 Å². The summed E-state index contributed by atoms with van der Waals surface area (Å²) in [5, 5.41) is 8.28. The molecular formula is C30H12F12N2O2. The number of hydrogen-bond acceptors (Lipinski definition) is 4. The van der Waals surface area contributed by atoms with Crippen molar-refractivity contribution in [2.24, 2.45) is 0 Å². The van der Waals surface area contributed by atoms with Gasteiger partial charge in [0.1, 0.15) is 22.4 Å². The lowest BCUT2D eigenvalue weighted by Crippen LogP contribution is -2.25. The van der Waals surface area contributed by atoms with Crippen molar-refractivity contribution in [1.29, 1.82) is 0 Å². The van der Waals surface area contributed by atoms with Crippen LogP contribution in [-0.2, 0) is 24.7 Å². The lowest BCUT2D eigenvalue weighted by atomic mass is 9.94. The van der Waals surface area contributed by atoms with E-state index in [0.717, 1.165) is 0 Å².